The van der Waals surface area contributed by atoms with E-state index < -0.39 is 0 Å². The monoisotopic (exact) mass is 298 g/mol. The van der Waals surface area contributed by atoms with Gasteiger partial charge in [-0.3, -0.25) is 0 Å². The smallest absolute Gasteiger partial charge is 0.167 e. The molecular weight excluding hydrogens is 280 g/mol. The molecule has 3 nitrogen and oxygen atoms in total. The van der Waals surface area contributed by atoms with Gasteiger partial charge in [-0.2, -0.15) is 0 Å². The lowest BCUT2D eigenvalue weighted by molar-refractivity contribution is 0.155. The number of para-hydroxylation sites is 1. The van der Waals surface area contributed by atoms with E-state index in [-0.39, 0.29) is 5.44 Å². The van der Waals surface area contributed by atoms with E-state index in [1.807, 2.05) is 36.4 Å². The largest absolute Gasteiger partial charge is 0.368 e. The Kier molecular flexibility index (Phi) is 4.58. The van der Waals surface area contributed by atoms with Crippen LogP contribution >= 0.6 is 11.8 Å². The van der Waals surface area contributed by atoms with Crippen LogP contribution < -0.4 is 0 Å². The van der Waals surface area contributed by atoms with Crippen molar-refractivity contribution >= 4 is 22.6 Å². The van der Waals surface area contributed by atoms with Crippen molar-refractivity contribution in [3.8, 4) is 0 Å². The van der Waals surface area contributed by atoms with Gasteiger partial charge in [0.1, 0.15) is 5.44 Å². The van der Waals surface area contributed by atoms with Crippen LogP contribution in [0.4, 0.5) is 5.69 Å². The number of amidine groups is 1. The molecule has 0 saturated carbocycles. The van der Waals surface area contributed by atoms with Crippen molar-refractivity contribution in [3.05, 3.63) is 66.2 Å². The molecule has 4 heteroatoms. The van der Waals surface area contributed by atoms with Crippen LogP contribution in [0.2, 0.25) is 0 Å². The fourth-order valence-corrected chi connectivity index (χ4v) is 3.29. The van der Waals surface area contributed by atoms with Gasteiger partial charge in [0.15, 0.2) is 5.17 Å². The average molecular weight is 298 g/mol. The molecule has 1 aliphatic heterocycles. The molecule has 0 radical (unpaired) electrons. The summed E-state index contributed by atoms with van der Waals surface area (Å²) in [7, 11) is 1.75. The number of methoxy groups -OCH3 is 1. The zero-order valence-electron chi connectivity index (χ0n) is 12.0. The highest BCUT2D eigenvalue weighted by Gasteiger charge is 2.28. The summed E-state index contributed by atoms with van der Waals surface area (Å²) in [6.45, 7) is 1.72. The maximum Gasteiger partial charge on any atom is 0.167 e. The summed E-state index contributed by atoms with van der Waals surface area (Å²) in [4.78, 5) is 7.04. The average Bonchev–Trinajstić information content (AvgIpc) is 2.91. The number of benzene rings is 2. The van der Waals surface area contributed by atoms with E-state index in [0.717, 1.165) is 23.9 Å². The zero-order valence-corrected chi connectivity index (χ0v) is 12.8. The third-order valence-electron chi connectivity index (χ3n) is 3.34. The molecule has 1 fully saturated rings. The van der Waals surface area contributed by atoms with Gasteiger partial charge >= 0.3 is 0 Å². The summed E-state index contributed by atoms with van der Waals surface area (Å²) in [5.41, 5.74) is 2.42. The van der Waals surface area contributed by atoms with Gasteiger partial charge in [0.2, 0.25) is 0 Å². The van der Waals surface area contributed by atoms with Crippen LogP contribution in [0.3, 0.4) is 0 Å². The van der Waals surface area contributed by atoms with Crippen LogP contribution in [-0.4, -0.2) is 29.2 Å². The number of thioether (sulfide) groups is 1. The van der Waals surface area contributed by atoms with E-state index in [2.05, 4.69) is 29.2 Å². The normalized spacial score (nSPS) is 20.1. The Hall–Kier alpha value is -1.78. The van der Waals surface area contributed by atoms with Gasteiger partial charge < -0.3 is 9.64 Å². The van der Waals surface area contributed by atoms with Crippen molar-refractivity contribution in [2.24, 2.45) is 4.99 Å². The molecule has 2 aromatic carbocycles. The van der Waals surface area contributed by atoms with Gasteiger partial charge in [-0.15, -0.1) is 0 Å². The maximum absolute atomic E-state index is 5.49. The lowest BCUT2D eigenvalue weighted by atomic mass is 10.2. The first kappa shape index (κ1) is 14.2. The van der Waals surface area contributed by atoms with Gasteiger partial charge in [0, 0.05) is 13.7 Å². The van der Waals surface area contributed by atoms with Crippen LogP contribution in [0, 0.1) is 0 Å². The summed E-state index contributed by atoms with van der Waals surface area (Å²) in [5.74, 6) is 0. The van der Waals surface area contributed by atoms with Crippen molar-refractivity contribution in [1.82, 2.24) is 4.90 Å². The first-order valence-electron chi connectivity index (χ1n) is 6.97. The summed E-state index contributed by atoms with van der Waals surface area (Å²) in [6.07, 6.45) is 0. The molecule has 1 atom stereocenters. The molecule has 1 heterocycles. The minimum atomic E-state index is 0.149. The van der Waals surface area contributed by atoms with E-state index in [0.29, 0.717) is 0 Å². The molecule has 0 N–H and O–H groups in total. The van der Waals surface area contributed by atoms with Gasteiger partial charge in [-0.1, -0.05) is 60.3 Å². The third kappa shape index (κ3) is 3.65. The molecule has 108 valence electrons. The Morgan fingerprint density at radius 1 is 1.10 bits per heavy atom. The lowest BCUT2D eigenvalue weighted by Crippen LogP contribution is -2.25. The Labute approximate surface area is 129 Å². The fraction of sp³-hybridized carbons (Fsp3) is 0.235. The van der Waals surface area contributed by atoms with Crippen LogP contribution in [0.15, 0.2) is 65.7 Å². The van der Waals surface area contributed by atoms with Crippen molar-refractivity contribution < 1.29 is 4.74 Å². The molecule has 0 spiro atoms. The summed E-state index contributed by atoms with van der Waals surface area (Å²) >= 11 is 1.69. The molecular formula is C17H18N2OS. The zero-order chi connectivity index (χ0) is 14.5. The summed E-state index contributed by atoms with van der Waals surface area (Å²) in [6, 6.07) is 20.5. The third-order valence-corrected chi connectivity index (χ3v) is 4.50. The molecule has 0 aliphatic carbocycles. The van der Waals surface area contributed by atoms with Crippen LogP contribution in [-0.2, 0) is 11.3 Å². The van der Waals surface area contributed by atoms with Crippen molar-refractivity contribution in [1.29, 1.82) is 0 Å². The van der Waals surface area contributed by atoms with Crippen molar-refractivity contribution in [3.63, 3.8) is 0 Å². The van der Waals surface area contributed by atoms with Gasteiger partial charge in [-0.05, 0) is 17.7 Å². The SMILES string of the molecule is COC1CN(Cc2ccccc2)C(=Nc2ccccc2)S1. The molecule has 0 aromatic heterocycles. The van der Waals surface area contributed by atoms with E-state index in [1.165, 1.54) is 5.56 Å². The molecule has 21 heavy (non-hydrogen) atoms. The standard InChI is InChI=1S/C17H18N2OS/c1-20-16-13-19(12-14-8-4-2-5-9-14)17(21-16)18-15-10-6-3-7-11-15/h2-11,16H,12-13H2,1H3. The first-order chi connectivity index (χ1) is 10.3. The highest BCUT2D eigenvalue weighted by atomic mass is 32.2. The lowest BCUT2D eigenvalue weighted by Gasteiger charge is -2.18. The fourth-order valence-electron chi connectivity index (χ4n) is 2.26. The Morgan fingerprint density at radius 3 is 2.43 bits per heavy atom. The minimum Gasteiger partial charge on any atom is -0.368 e. The number of rotatable bonds is 4. The second-order valence-corrected chi connectivity index (χ2v) is 6.01. The minimum absolute atomic E-state index is 0.149. The summed E-state index contributed by atoms with van der Waals surface area (Å²) in [5, 5.41) is 1.02. The van der Waals surface area contributed by atoms with Gasteiger partial charge in [0.05, 0.1) is 12.2 Å². The molecule has 0 amide bonds. The van der Waals surface area contributed by atoms with Crippen LogP contribution in [0.25, 0.3) is 0 Å². The van der Waals surface area contributed by atoms with Crippen molar-refractivity contribution in [2.45, 2.75) is 12.0 Å². The predicted octanol–water partition coefficient (Wildman–Crippen LogP) is 3.90. The van der Waals surface area contributed by atoms with E-state index in [1.54, 1.807) is 18.9 Å². The van der Waals surface area contributed by atoms with Gasteiger partial charge in [-0.25, -0.2) is 4.99 Å². The maximum atomic E-state index is 5.49. The summed E-state index contributed by atoms with van der Waals surface area (Å²) < 4.78 is 5.49. The van der Waals surface area contributed by atoms with Crippen molar-refractivity contribution in [2.75, 3.05) is 13.7 Å². The highest BCUT2D eigenvalue weighted by molar-refractivity contribution is 8.14. The molecule has 1 unspecified atom stereocenters. The molecule has 2 aromatic rings. The van der Waals surface area contributed by atoms with E-state index in [4.69, 9.17) is 9.73 Å². The Bertz CT molecular complexity index is 601. The van der Waals surface area contributed by atoms with Gasteiger partial charge in [0.25, 0.3) is 0 Å². The quantitative estimate of drug-likeness (QED) is 0.856. The number of nitrogens with zero attached hydrogens (tertiary/aromatic N) is 2. The van der Waals surface area contributed by atoms with E-state index >= 15 is 0 Å². The predicted molar refractivity (Wildman–Crippen MR) is 88.8 cm³/mol. The first-order valence-corrected chi connectivity index (χ1v) is 7.85. The second kappa shape index (κ2) is 6.78. The number of hydrogen-bond donors (Lipinski definition) is 0. The molecule has 3 rings (SSSR count). The molecule has 0 bridgehead atoms. The number of ether oxygens (including phenoxy) is 1. The highest BCUT2D eigenvalue weighted by Crippen LogP contribution is 2.29. The van der Waals surface area contributed by atoms with E-state index in [9.17, 15) is 0 Å². The Balaban J connectivity index is 1.81. The van der Waals surface area contributed by atoms with Crippen LogP contribution in [0.5, 0.6) is 0 Å². The molecule has 1 saturated heterocycles. The number of aliphatic imine (C=N–C) groups is 1. The van der Waals surface area contributed by atoms with Crippen LogP contribution in [0.1, 0.15) is 5.56 Å². The Morgan fingerprint density at radius 2 is 1.76 bits per heavy atom. The molecule has 1 aliphatic rings. The second-order valence-electron chi connectivity index (χ2n) is 4.88. The number of hydrogen-bond acceptors (Lipinski definition) is 3. The topological polar surface area (TPSA) is 24.8 Å².